The summed E-state index contributed by atoms with van der Waals surface area (Å²) in [6.07, 6.45) is 0. The number of aryl methyl sites for hydroxylation is 1. The molecule has 7 nitrogen and oxygen atoms in total. The van der Waals surface area contributed by atoms with Crippen LogP contribution in [0.3, 0.4) is 0 Å². The number of fused-ring (bicyclic) bond motifs is 1. The van der Waals surface area contributed by atoms with Crippen molar-refractivity contribution in [1.82, 2.24) is 0 Å². The van der Waals surface area contributed by atoms with Gasteiger partial charge in [-0.05, 0) is 42.8 Å². The van der Waals surface area contributed by atoms with Crippen LogP contribution in [0.1, 0.15) is 21.7 Å². The molecule has 0 aliphatic rings. The van der Waals surface area contributed by atoms with E-state index in [2.05, 4.69) is 0 Å². The molecule has 0 aliphatic carbocycles. The van der Waals surface area contributed by atoms with E-state index >= 15 is 0 Å². The maximum Gasteiger partial charge on any atom is 0.228 e. The normalized spacial score (nSPS) is 10.8. The van der Waals surface area contributed by atoms with Crippen molar-refractivity contribution in [2.75, 3.05) is 35.5 Å². The lowest BCUT2D eigenvalue weighted by Crippen LogP contribution is -2.04. The number of rotatable bonds is 8. The minimum atomic E-state index is -0.294. The Kier molecular flexibility index (Phi) is 6.36. The van der Waals surface area contributed by atoms with Gasteiger partial charge >= 0.3 is 0 Å². The maximum atomic E-state index is 13.5. The van der Waals surface area contributed by atoms with Crippen LogP contribution in [0.15, 0.2) is 52.9 Å². The van der Waals surface area contributed by atoms with Gasteiger partial charge in [-0.25, -0.2) is 0 Å². The molecule has 0 saturated heterocycles. The van der Waals surface area contributed by atoms with Gasteiger partial charge in [-0.3, -0.25) is 4.79 Å². The lowest BCUT2D eigenvalue weighted by molar-refractivity contribution is 0.101. The number of ketones is 1. The number of furan rings is 1. The van der Waals surface area contributed by atoms with E-state index in [1.165, 1.54) is 21.3 Å². The number of methoxy groups -OCH3 is 5. The van der Waals surface area contributed by atoms with E-state index in [1.807, 2.05) is 37.3 Å². The third kappa shape index (κ3) is 3.90. The average molecular weight is 462 g/mol. The van der Waals surface area contributed by atoms with Crippen LogP contribution in [0, 0.1) is 6.92 Å². The molecule has 0 atom stereocenters. The van der Waals surface area contributed by atoms with Crippen LogP contribution in [0.4, 0.5) is 0 Å². The molecule has 0 fully saturated rings. The Morgan fingerprint density at radius 1 is 0.735 bits per heavy atom. The Bertz CT molecular complexity index is 1320. The summed E-state index contributed by atoms with van der Waals surface area (Å²) in [6, 6.07) is 14.7. The third-order valence-corrected chi connectivity index (χ3v) is 5.79. The van der Waals surface area contributed by atoms with Crippen molar-refractivity contribution in [3.63, 3.8) is 0 Å². The van der Waals surface area contributed by atoms with Gasteiger partial charge in [-0.15, -0.1) is 0 Å². The fourth-order valence-electron chi connectivity index (χ4n) is 3.97. The van der Waals surface area contributed by atoms with Crippen molar-refractivity contribution < 1.29 is 32.9 Å². The molecular formula is C27H26O7. The SMILES string of the molecule is COc1ccc(-c2cc3c(C)c(C(=O)c4cc(OC)c(OC)c(OC)c4)oc3cc2OC)cc1. The molecule has 1 heterocycles. The number of carbonyl (C=O) groups is 1. The van der Waals surface area contributed by atoms with Crippen molar-refractivity contribution in [1.29, 1.82) is 0 Å². The topological polar surface area (TPSA) is 76.4 Å². The van der Waals surface area contributed by atoms with Gasteiger partial charge in [0.05, 0.1) is 35.5 Å². The zero-order valence-corrected chi connectivity index (χ0v) is 20.0. The van der Waals surface area contributed by atoms with Gasteiger partial charge in [0.15, 0.2) is 17.3 Å². The van der Waals surface area contributed by atoms with Crippen LogP contribution in [0.25, 0.3) is 22.1 Å². The van der Waals surface area contributed by atoms with E-state index in [1.54, 1.807) is 32.4 Å². The first-order chi connectivity index (χ1) is 16.4. The fourth-order valence-corrected chi connectivity index (χ4v) is 3.97. The van der Waals surface area contributed by atoms with Gasteiger partial charge in [-0.2, -0.15) is 0 Å². The highest BCUT2D eigenvalue weighted by Crippen LogP contribution is 2.41. The van der Waals surface area contributed by atoms with Gasteiger partial charge in [0.2, 0.25) is 11.5 Å². The van der Waals surface area contributed by atoms with Gasteiger partial charge in [0, 0.05) is 28.1 Å². The molecule has 7 heteroatoms. The second-order valence-corrected chi connectivity index (χ2v) is 7.58. The Labute approximate surface area is 197 Å². The quantitative estimate of drug-likeness (QED) is 0.312. The number of hydrogen-bond acceptors (Lipinski definition) is 7. The van der Waals surface area contributed by atoms with E-state index in [4.69, 9.17) is 28.1 Å². The highest BCUT2D eigenvalue weighted by molar-refractivity contribution is 6.11. The van der Waals surface area contributed by atoms with Gasteiger partial charge < -0.3 is 28.1 Å². The molecule has 3 aromatic carbocycles. The summed E-state index contributed by atoms with van der Waals surface area (Å²) in [6.45, 7) is 1.86. The molecule has 176 valence electrons. The highest BCUT2D eigenvalue weighted by Gasteiger charge is 2.24. The Balaban J connectivity index is 1.83. The summed E-state index contributed by atoms with van der Waals surface area (Å²) in [7, 11) is 7.75. The summed E-state index contributed by atoms with van der Waals surface area (Å²) < 4.78 is 33.1. The molecular weight excluding hydrogens is 436 g/mol. The number of hydrogen-bond donors (Lipinski definition) is 0. The van der Waals surface area contributed by atoms with Crippen molar-refractivity contribution in [2.45, 2.75) is 6.92 Å². The monoisotopic (exact) mass is 462 g/mol. The van der Waals surface area contributed by atoms with E-state index in [9.17, 15) is 4.79 Å². The van der Waals surface area contributed by atoms with Crippen LogP contribution in [0.2, 0.25) is 0 Å². The zero-order valence-electron chi connectivity index (χ0n) is 20.0. The minimum absolute atomic E-state index is 0.234. The van der Waals surface area contributed by atoms with E-state index in [0.717, 1.165) is 27.8 Å². The number of ether oxygens (including phenoxy) is 5. The molecule has 4 rings (SSSR count). The summed E-state index contributed by atoms with van der Waals surface area (Å²) in [4.78, 5) is 13.5. The van der Waals surface area contributed by atoms with Crippen LogP contribution in [-0.2, 0) is 0 Å². The second kappa shape index (κ2) is 9.39. The summed E-state index contributed by atoms with van der Waals surface area (Å²) in [5, 5.41) is 0.822. The molecule has 0 spiro atoms. The predicted molar refractivity (Wildman–Crippen MR) is 129 cm³/mol. The average Bonchev–Trinajstić information content (AvgIpc) is 3.21. The van der Waals surface area contributed by atoms with Crippen molar-refractivity contribution in [3.8, 4) is 39.9 Å². The molecule has 0 unspecified atom stereocenters. The largest absolute Gasteiger partial charge is 0.497 e. The second-order valence-electron chi connectivity index (χ2n) is 7.58. The lowest BCUT2D eigenvalue weighted by Gasteiger charge is -2.13. The maximum absolute atomic E-state index is 13.5. The Hall–Kier alpha value is -4.13. The van der Waals surface area contributed by atoms with Gasteiger partial charge in [-0.1, -0.05) is 12.1 Å². The lowest BCUT2D eigenvalue weighted by atomic mass is 9.99. The molecule has 0 amide bonds. The molecule has 0 saturated carbocycles. The molecule has 0 N–H and O–H groups in total. The zero-order chi connectivity index (χ0) is 24.4. The molecule has 0 aliphatic heterocycles. The predicted octanol–water partition coefficient (Wildman–Crippen LogP) is 5.68. The minimum Gasteiger partial charge on any atom is -0.497 e. The summed E-state index contributed by atoms with van der Waals surface area (Å²) in [5.41, 5.74) is 3.48. The standard InChI is InChI=1S/C27H26O7/c1-15-19-13-20(16-7-9-18(29-2)10-8-16)21(30-3)14-22(19)34-26(15)25(28)17-11-23(31-4)27(33-6)24(12-17)32-5/h7-14H,1-6H3. The summed E-state index contributed by atoms with van der Waals surface area (Å²) >= 11 is 0. The van der Waals surface area contributed by atoms with Crippen molar-refractivity contribution >= 4 is 16.8 Å². The van der Waals surface area contributed by atoms with Crippen molar-refractivity contribution in [3.05, 3.63) is 65.4 Å². The van der Waals surface area contributed by atoms with E-state index in [0.29, 0.717) is 34.1 Å². The first-order valence-electron chi connectivity index (χ1n) is 10.6. The van der Waals surface area contributed by atoms with Gasteiger partial charge in [0.25, 0.3) is 0 Å². The first kappa shape index (κ1) is 23.0. The third-order valence-electron chi connectivity index (χ3n) is 5.79. The first-order valence-corrected chi connectivity index (χ1v) is 10.6. The van der Waals surface area contributed by atoms with Crippen LogP contribution >= 0.6 is 0 Å². The smallest absolute Gasteiger partial charge is 0.228 e. The van der Waals surface area contributed by atoms with Crippen molar-refractivity contribution in [2.24, 2.45) is 0 Å². The van der Waals surface area contributed by atoms with E-state index in [-0.39, 0.29) is 11.5 Å². The fraction of sp³-hybridized carbons (Fsp3) is 0.222. The molecule has 1 aromatic heterocycles. The van der Waals surface area contributed by atoms with Crippen LogP contribution < -0.4 is 23.7 Å². The van der Waals surface area contributed by atoms with Gasteiger partial charge in [0.1, 0.15) is 17.1 Å². The Morgan fingerprint density at radius 3 is 1.88 bits per heavy atom. The van der Waals surface area contributed by atoms with Crippen LogP contribution in [0.5, 0.6) is 28.7 Å². The number of benzene rings is 3. The highest BCUT2D eigenvalue weighted by atomic mass is 16.5. The molecule has 0 bridgehead atoms. The Morgan fingerprint density at radius 2 is 1.35 bits per heavy atom. The molecule has 4 aromatic rings. The number of carbonyl (C=O) groups excluding carboxylic acids is 1. The summed E-state index contributed by atoms with van der Waals surface area (Å²) in [5.74, 6) is 2.54. The molecule has 0 radical (unpaired) electrons. The van der Waals surface area contributed by atoms with Crippen LogP contribution in [-0.4, -0.2) is 41.3 Å². The van der Waals surface area contributed by atoms with E-state index < -0.39 is 0 Å². The molecule has 34 heavy (non-hydrogen) atoms.